The van der Waals surface area contributed by atoms with Crippen LogP contribution in [0.25, 0.3) is 11.3 Å². The summed E-state index contributed by atoms with van der Waals surface area (Å²) in [6.45, 7) is 9.55. The third-order valence-corrected chi connectivity index (χ3v) is 4.21. The molecule has 0 radical (unpaired) electrons. The second-order valence-electron chi connectivity index (χ2n) is 5.95. The van der Waals surface area contributed by atoms with Crippen molar-refractivity contribution in [1.29, 1.82) is 0 Å². The molecule has 4 nitrogen and oxygen atoms in total. The largest absolute Gasteiger partial charge is 0.492 e. The van der Waals surface area contributed by atoms with Crippen molar-refractivity contribution in [1.82, 2.24) is 9.88 Å². The van der Waals surface area contributed by atoms with Gasteiger partial charge in [-0.2, -0.15) is 0 Å². The Morgan fingerprint density at radius 2 is 1.87 bits per heavy atom. The van der Waals surface area contributed by atoms with Gasteiger partial charge in [0.25, 0.3) is 0 Å². The summed E-state index contributed by atoms with van der Waals surface area (Å²) in [5, 5.41) is 0. The van der Waals surface area contributed by atoms with Crippen LogP contribution in [0.5, 0.6) is 5.75 Å². The summed E-state index contributed by atoms with van der Waals surface area (Å²) in [6, 6.07) is 10.2. The molecule has 0 saturated carbocycles. The molecular weight excluding hydrogens is 288 g/mol. The molecule has 1 fully saturated rings. The van der Waals surface area contributed by atoms with Crippen LogP contribution in [-0.2, 0) is 4.74 Å². The molecule has 1 aliphatic heterocycles. The van der Waals surface area contributed by atoms with Crippen molar-refractivity contribution < 1.29 is 9.47 Å². The minimum absolute atomic E-state index is 0.710. The summed E-state index contributed by atoms with van der Waals surface area (Å²) in [4.78, 5) is 6.84. The SMILES string of the molecule is Cc1cc(OCCN2CCOCC2)cc(C)c1-c1ccccn1. The van der Waals surface area contributed by atoms with Crippen LogP contribution in [-0.4, -0.2) is 49.3 Å². The van der Waals surface area contributed by atoms with Crippen molar-refractivity contribution in [2.24, 2.45) is 0 Å². The molecule has 0 atom stereocenters. The highest BCUT2D eigenvalue weighted by Crippen LogP contribution is 2.29. The van der Waals surface area contributed by atoms with Crippen molar-refractivity contribution in [3.05, 3.63) is 47.7 Å². The highest BCUT2D eigenvalue weighted by molar-refractivity contribution is 5.68. The number of hydrogen-bond donors (Lipinski definition) is 0. The lowest BCUT2D eigenvalue weighted by Crippen LogP contribution is -2.38. The molecule has 0 bridgehead atoms. The van der Waals surface area contributed by atoms with Gasteiger partial charge in [0, 0.05) is 31.4 Å². The van der Waals surface area contributed by atoms with Crippen LogP contribution in [0.1, 0.15) is 11.1 Å². The maximum atomic E-state index is 5.96. The number of hydrogen-bond acceptors (Lipinski definition) is 4. The van der Waals surface area contributed by atoms with E-state index in [1.54, 1.807) is 0 Å². The molecule has 23 heavy (non-hydrogen) atoms. The molecule has 3 rings (SSSR count). The van der Waals surface area contributed by atoms with E-state index in [0.29, 0.717) is 6.61 Å². The van der Waals surface area contributed by atoms with Gasteiger partial charge in [-0.25, -0.2) is 0 Å². The van der Waals surface area contributed by atoms with E-state index >= 15 is 0 Å². The van der Waals surface area contributed by atoms with Gasteiger partial charge in [0.2, 0.25) is 0 Å². The van der Waals surface area contributed by atoms with Crippen LogP contribution in [0, 0.1) is 13.8 Å². The Kier molecular flexibility index (Phi) is 5.26. The van der Waals surface area contributed by atoms with E-state index in [1.807, 2.05) is 24.4 Å². The number of aryl methyl sites for hydroxylation is 2. The number of nitrogens with zero attached hydrogens (tertiary/aromatic N) is 2. The van der Waals surface area contributed by atoms with Gasteiger partial charge in [0.05, 0.1) is 18.9 Å². The maximum Gasteiger partial charge on any atom is 0.119 e. The van der Waals surface area contributed by atoms with Crippen LogP contribution in [0.3, 0.4) is 0 Å². The van der Waals surface area contributed by atoms with Crippen LogP contribution in [0.2, 0.25) is 0 Å². The molecule has 0 spiro atoms. The standard InChI is InChI=1S/C19H24N2O2/c1-15-13-17(23-12-9-21-7-10-22-11-8-21)14-16(2)19(15)18-5-3-4-6-20-18/h3-6,13-14H,7-12H2,1-2H3. The molecule has 2 heterocycles. The number of morpholine rings is 1. The summed E-state index contributed by atoms with van der Waals surface area (Å²) in [5.74, 6) is 0.938. The monoisotopic (exact) mass is 312 g/mol. The Morgan fingerprint density at radius 1 is 1.13 bits per heavy atom. The first-order valence-corrected chi connectivity index (χ1v) is 8.19. The second kappa shape index (κ2) is 7.57. The highest BCUT2D eigenvalue weighted by Gasteiger charge is 2.11. The first-order valence-electron chi connectivity index (χ1n) is 8.19. The fourth-order valence-corrected chi connectivity index (χ4v) is 3.04. The van der Waals surface area contributed by atoms with Gasteiger partial charge in [0.15, 0.2) is 0 Å². The Bertz CT molecular complexity index is 614. The predicted molar refractivity (Wildman–Crippen MR) is 91.9 cm³/mol. The fraction of sp³-hybridized carbons (Fsp3) is 0.421. The van der Waals surface area contributed by atoms with E-state index in [0.717, 1.165) is 44.3 Å². The third kappa shape index (κ3) is 4.09. The first kappa shape index (κ1) is 16.0. The van der Waals surface area contributed by atoms with Crippen molar-refractivity contribution >= 4 is 0 Å². The molecule has 1 aliphatic rings. The summed E-state index contributed by atoms with van der Waals surface area (Å²) in [5.41, 5.74) is 4.61. The number of ether oxygens (including phenoxy) is 2. The lowest BCUT2D eigenvalue weighted by molar-refractivity contribution is 0.0322. The van der Waals surface area contributed by atoms with Gasteiger partial charge in [-0.1, -0.05) is 6.07 Å². The quantitative estimate of drug-likeness (QED) is 0.850. The fourth-order valence-electron chi connectivity index (χ4n) is 3.04. The zero-order chi connectivity index (χ0) is 16.1. The summed E-state index contributed by atoms with van der Waals surface area (Å²) < 4.78 is 11.3. The van der Waals surface area contributed by atoms with E-state index in [1.165, 1.54) is 16.7 Å². The molecule has 0 amide bonds. The van der Waals surface area contributed by atoms with E-state index in [2.05, 4.69) is 35.9 Å². The molecule has 1 aromatic carbocycles. The number of benzene rings is 1. The molecule has 4 heteroatoms. The summed E-state index contributed by atoms with van der Waals surface area (Å²) >= 11 is 0. The lowest BCUT2D eigenvalue weighted by atomic mass is 9.99. The topological polar surface area (TPSA) is 34.6 Å². The molecule has 122 valence electrons. The van der Waals surface area contributed by atoms with Crippen LogP contribution >= 0.6 is 0 Å². The van der Waals surface area contributed by atoms with Gasteiger partial charge in [0.1, 0.15) is 12.4 Å². The van der Waals surface area contributed by atoms with E-state index in [9.17, 15) is 0 Å². The van der Waals surface area contributed by atoms with Gasteiger partial charge in [-0.05, 0) is 49.2 Å². The Labute approximate surface area is 138 Å². The molecule has 1 aromatic heterocycles. The number of aromatic nitrogens is 1. The normalized spacial score (nSPS) is 15.6. The van der Waals surface area contributed by atoms with E-state index in [-0.39, 0.29) is 0 Å². The van der Waals surface area contributed by atoms with Gasteiger partial charge >= 0.3 is 0 Å². The Balaban J connectivity index is 1.65. The smallest absolute Gasteiger partial charge is 0.119 e. The van der Waals surface area contributed by atoms with Crippen molar-refractivity contribution in [2.75, 3.05) is 39.5 Å². The third-order valence-electron chi connectivity index (χ3n) is 4.21. The summed E-state index contributed by atoms with van der Waals surface area (Å²) in [7, 11) is 0. The first-order chi connectivity index (χ1) is 11.2. The Morgan fingerprint density at radius 3 is 2.52 bits per heavy atom. The molecule has 0 aliphatic carbocycles. The van der Waals surface area contributed by atoms with Gasteiger partial charge in [-0.15, -0.1) is 0 Å². The van der Waals surface area contributed by atoms with Gasteiger partial charge < -0.3 is 9.47 Å². The molecule has 0 unspecified atom stereocenters. The molecule has 1 saturated heterocycles. The molecule has 2 aromatic rings. The Hall–Kier alpha value is -1.91. The lowest BCUT2D eigenvalue weighted by Gasteiger charge is -2.26. The van der Waals surface area contributed by atoms with Crippen LogP contribution < -0.4 is 4.74 Å². The minimum Gasteiger partial charge on any atom is -0.492 e. The van der Waals surface area contributed by atoms with Crippen molar-refractivity contribution in [3.63, 3.8) is 0 Å². The van der Waals surface area contributed by atoms with Crippen LogP contribution in [0.15, 0.2) is 36.5 Å². The number of pyridine rings is 1. The molecule has 0 N–H and O–H groups in total. The maximum absolute atomic E-state index is 5.96. The predicted octanol–water partition coefficient (Wildman–Crippen LogP) is 3.08. The van der Waals surface area contributed by atoms with Crippen molar-refractivity contribution in [2.45, 2.75) is 13.8 Å². The van der Waals surface area contributed by atoms with Crippen LogP contribution in [0.4, 0.5) is 0 Å². The second-order valence-corrected chi connectivity index (χ2v) is 5.95. The average molecular weight is 312 g/mol. The van der Waals surface area contributed by atoms with E-state index < -0.39 is 0 Å². The zero-order valence-electron chi connectivity index (χ0n) is 13.9. The van der Waals surface area contributed by atoms with Gasteiger partial charge in [-0.3, -0.25) is 9.88 Å². The average Bonchev–Trinajstić information content (AvgIpc) is 2.56. The van der Waals surface area contributed by atoms with Crippen molar-refractivity contribution in [3.8, 4) is 17.0 Å². The zero-order valence-corrected chi connectivity index (χ0v) is 13.9. The highest BCUT2D eigenvalue weighted by atomic mass is 16.5. The van der Waals surface area contributed by atoms with E-state index in [4.69, 9.17) is 9.47 Å². The molecular formula is C19H24N2O2. The minimum atomic E-state index is 0.710. The number of rotatable bonds is 5. The summed E-state index contributed by atoms with van der Waals surface area (Å²) in [6.07, 6.45) is 1.83.